The third kappa shape index (κ3) is 3.62. The molecule has 0 spiro atoms. The van der Waals surface area contributed by atoms with Crippen LogP contribution in [0.3, 0.4) is 0 Å². The van der Waals surface area contributed by atoms with Gasteiger partial charge >= 0.3 is 11.9 Å². The molecule has 1 aromatic heterocycles. The number of fused-ring (bicyclic) bond motifs is 2. The fourth-order valence-electron chi connectivity index (χ4n) is 4.80. The van der Waals surface area contributed by atoms with Crippen LogP contribution in [0.1, 0.15) is 22.2 Å². The van der Waals surface area contributed by atoms with Crippen molar-refractivity contribution >= 4 is 104 Å². The van der Waals surface area contributed by atoms with Crippen LogP contribution < -0.4 is 5.32 Å². The Morgan fingerprint density at radius 1 is 1.03 bits per heavy atom. The van der Waals surface area contributed by atoms with Crippen LogP contribution >= 0.6 is 80.9 Å². The van der Waals surface area contributed by atoms with Gasteiger partial charge in [-0.3, -0.25) is 9.59 Å². The number of aryl methyl sites for hydroxylation is 1. The lowest BCUT2D eigenvalue weighted by atomic mass is 9.81. The zero-order valence-corrected chi connectivity index (χ0v) is 23.9. The van der Waals surface area contributed by atoms with Crippen LogP contribution in [0.15, 0.2) is 40.4 Å². The number of nitrogens with one attached hydrogen (secondary N) is 1. The third-order valence-corrected chi connectivity index (χ3v) is 11.6. The molecule has 1 saturated carbocycles. The van der Waals surface area contributed by atoms with Crippen molar-refractivity contribution in [2.45, 2.75) is 27.9 Å². The van der Waals surface area contributed by atoms with Gasteiger partial charge in [-0.1, -0.05) is 76.7 Å². The van der Waals surface area contributed by atoms with Gasteiger partial charge < -0.3 is 15.2 Å². The molecule has 2 aliphatic rings. The van der Waals surface area contributed by atoms with E-state index in [4.69, 9.17) is 74.3 Å². The summed E-state index contributed by atoms with van der Waals surface area (Å²) >= 11 is 40.0. The highest BCUT2D eigenvalue weighted by Crippen LogP contribution is 2.76. The maximum Gasteiger partial charge on any atom is 0.341 e. The van der Waals surface area contributed by atoms with Crippen molar-refractivity contribution in [1.82, 2.24) is 0 Å². The molecule has 2 aliphatic carbocycles. The van der Waals surface area contributed by atoms with E-state index in [1.54, 1.807) is 13.8 Å². The average molecular weight is 632 g/mol. The lowest BCUT2D eigenvalue weighted by molar-refractivity contribution is -0.146. The number of amides is 1. The molecule has 192 valence electrons. The molecule has 1 fully saturated rings. The van der Waals surface area contributed by atoms with E-state index in [1.807, 2.05) is 30.3 Å². The van der Waals surface area contributed by atoms with Gasteiger partial charge in [0.2, 0.25) is 5.91 Å². The second-order valence-electron chi connectivity index (χ2n) is 8.23. The van der Waals surface area contributed by atoms with E-state index in [0.29, 0.717) is 10.4 Å². The Bertz CT molecular complexity index is 1310. The number of benzene rings is 1. The molecule has 4 atom stereocenters. The monoisotopic (exact) mass is 629 g/mol. The van der Waals surface area contributed by atoms with Crippen molar-refractivity contribution < 1.29 is 24.2 Å². The topological polar surface area (TPSA) is 92.7 Å². The number of hydrogen-bond donors (Lipinski definition) is 2. The number of carbonyl (C=O) groups excluding carboxylic acids is 2. The van der Waals surface area contributed by atoms with Gasteiger partial charge in [0.05, 0.1) is 28.5 Å². The summed E-state index contributed by atoms with van der Waals surface area (Å²) in [5.74, 6) is -6.45. The lowest BCUT2D eigenvalue weighted by Gasteiger charge is -2.33. The first-order valence-electron chi connectivity index (χ1n) is 10.5. The van der Waals surface area contributed by atoms with Crippen molar-refractivity contribution in [3.8, 4) is 11.1 Å². The first-order chi connectivity index (χ1) is 16.8. The number of alkyl halides is 4. The molecule has 2 N–H and O–H groups in total. The molecule has 1 heterocycles. The van der Waals surface area contributed by atoms with Crippen LogP contribution in [0, 0.1) is 18.8 Å². The van der Waals surface area contributed by atoms with E-state index in [9.17, 15) is 19.5 Å². The number of carboxylic acids is 1. The van der Waals surface area contributed by atoms with E-state index in [1.165, 1.54) is 0 Å². The zero-order valence-electron chi connectivity index (χ0n) is 18.5. The van der Waals surface area contributed by atoms with E-state index >= 15 is 0 Å². The Hall–Kier alpha value is -1.19. The number of esters is 1. The molecule has 1 aromatic carbocycles. The van der Waals surface area contributed by atoms with Crippen LogP contribution in [-0.4, -0.2) is 43.6 Å². The summed E-state index contributed by atoms with van der Waals surface area (Å²) in [5.41, 5.74) is 1.40. The molecule has 36 heavy (non-hydrogen) atoms. The standard InChI is InChI=1S/C23H17Cl6NO5S/c1-3-35-20(34)12-11(10-7-5-4-6-8-10)9(2)36-18(12)30-17(31)13-14(19(32)33)22(27)16(25)15(24)21(13,26)23(22,28)29/h4-8,13-14H,3H2,1-2H3,(H,30,31)(H,32,33)/t13-,14+,21-,22-/m0/s1. The quantitative estimate of drug-likeness (QED) is 0.265. The summed E-state index contributed by atoms with van der Waals surface area (Å²) in [6.07, 6.45) is 0. The highest BCUT2D eigenvalue weighted by atomic mass is 35.5. The molecule has 1 amide bonds. The summed E-state index contributed by atoms with van der Waals surface area (Å²) in [6.45, 7) is 3.53. The highest BCUT2D eigenvalue weighted by Gasteiger charge is 2.85. The van der Waals surface area contributed by atoms with Crippen LogP contribution in [-0.2, 0) is 14.3 Å². The molecule has 4 rings (SSSR count). The predicted octanol–water partition coefficient (Wildman–Crippen LogP) is 7.00. The molecule has 6 nitrogen and oxygen atoms in total. The second-order valence-corrected chi connectivity index (χ2v) is 12.7. The largest absolute Gasteiger partial charge is 0.481 e. The molecular weight excluding hydrogens is 615 g/mol. The zero-order chi connectivity index (χ0) is 26.8. The predicted molar refractivity (Wildman–Crippen MR) is 144 cm³/mol. The van der Waals surface area contributed by atoms with E-state index in [-0.39, 0.29) is 27.2 Å². The molecule has 0 saturated heterocycles. The Morgan fingerprint density at radius 3 is 2.11 bits per heavy atom. The summed E-state index contributed by atoms with van der Waals surface area (Å²) in [4.78, 5) is 35.4. The number of carbonyl (C=O) groups is 3. The van der Waals surface area contributed by atoms with Gasteiger partial charge in [-0.15, -0.1) is 34.5 Å². The fraction of sp³-hybridized carbons (Fsp3) is 0.348. The molecular formula is C23H17Cl6NO5S. The summed E-state index contributed by atoms with van der Waals surface area (Å²) in [5, 5.41) is 12.1. The normalized spacial score (nSPS) is 28.3. The van der Waals surface area contributed by atoms with Crippen LogP contribution in [0.4, 0.5) is 5.00 Å². The summed E-state index contributed by atoms with van der Waals surface area (Å²) in [6, 6.07) is 9.07. The van der Waals surface area contributed by atoms with Crippen LogP contribution in [0.25, 0.3) is 11.1 Å². The second kappa shape index (κ2) is 9.53. The van der Waals surface area contributed by atoms with Crippen LogP contribution in [0.2, 0.25) is 0 Å². The highest BCUT2D eigenvalue weighted by molar-refractivity contribution is 7.17. The third-order valence-electron chi connectivity index (χ3n) is 6.35. The first kappa shape index (κ1) is 27.8. The number of rotatable bonds is 6. The van der Waals surface area contributed by atoms with Crippen molar-refractivity contribution in [3.63, 3.8) is 0 Å². The molecule has 13 heteroatoms. The summed E-state index contributed by atoms with van der Waals surface area (Å²) in [7, 11) is 0. The minimum absolute atomic E-state index is 0.0958. The number of hydrogen-bond acceptors (Lipinski definition) is 5. The Labute approximate surface area is 240 Å². The molecule has 2 aromatic rings. The van der Waals surface area contributed by atoms with Crippen molar-refractivity contribution in [2.24, 2.45) is 11.8 Å². The SMILES string of the molecule is CCOC(=O)c1c(NC(=O)[C@@H]2[C@H](C(=O)O)[C@]3(Cl)C(Cl)=C(Cl)[C@]2(Cl)C3(Cl)Cl)sc(C)c1-c1ccccc1. The smallest absolute Gasteiger partial charge is 0.341 e. The average Bonchev–Trinajstić information content (AvgIpc) is 3.25. The number of halogens is 6. The maximum absolute atomic E-state index is 13.7. The summed E-state index contributed by atoms with van der Waals surface area (Å²) < 4.78 is 3.00. The molecule has 0 aliphatic heterocycles. The van der Waals surface area contributed by atoms with E-state index in [2.05, 4.69) is 5.32 Å². The van der Waals surface area contributed by atoms with Gasteiger partial charge in [-0.2, -0.15) is 0 Å². The molecule has 0 unspecified atom stereocenters. The maximum atomic E-state index is 13.7. The number of thiophene rings is 1. The van der Waals surface area contributed by atoms with Crippen molar-refractivity contribution in [3.05, 3.63) is 50.8 Å². The molecule has 2 bridgehead atoms. The lowest BCUT2D eigenvalue weighted by Crippen LogP contribution is -2.47. The minimum Gasteiger partial charge on any atom is -0.481 e. The van der Waals surface area contributed by atoms with Gasteiger partial charge in [0.1, 0.15) is 20.3 Å². The number of aliphatic carboxylic acids is 1. The van der Waals surface area contributed by atoms with Crippen molar-refractivity contribution in [2.75, 3.05) is 11.9 Å². The van der Waals surface area contributed by atoms with Gasteiger partial charge in [0, 0.05) is 10.4 Å². The van der Waals surface area contributed by atoms with Gasteiger partial charge in [-0.05, 0) is 19.4 Å². The number of ether oxygens (including phenoxy) is 1. The first-order valence-corrected chi connectivity index (χ1v) is 13.6. The van der Waals surface area contributed by atoms with Crippen LogP contribution in [0.5, 0.6) is 0 Å². The Kier molecular flexibility index (Phi) is 7.37. The number of carboxylic acid groups (broad SMARTS) is 1. The fourth-order valence-corrected chi connectivity index (χ4v) is 8.80. The molecule has 0 radical (unpaired) electrons. The minimum atomic E-state index is -2.24. The van der Waals surface area contributed by atoms with Gasteiger partial charge in [0.25, 0.3) is 0 Å². The van der Waals surface area contributed by atoms with Crippen molar-refractivity contribution in [1.29, 1.82) is 0 Å². The number of allylic oxidation sites excluding steroid dienone is 2. The van der Waals surface area contributed by atoms with E-state index in [0.717, 1.165) is 16.9 Å². The van der Waals surface area contributed by atoms with Gasteiger partial charge in [-0.25, -0.2) is 4.79 Å². The Morgan fingerprint density at radius 2 is 1.58 bits per heavy atom. The van der Waals surface area contributed by atoms with Gasteiger partial charge in [0.15, 0.2) is 4.33 Å². The van der Waals surface area contributed by atoms with E-state index < -0.39 is 43.8 Å². The Balaban J connectivity index is 1.84. The number of anilines is 1.